The zero-order chi connectivity index (χ0) is 67.0. The predicted molar refractivity (Wildman–Crippen MR) is 358 cm³/mol. The average molecular weight is 1370 g/mol. The molecule has 0 aliphatic carbocycles. The van der Waals surface area contributed by atoms with Gasteiger partial charge in [0.2, 0.25) is 35.4 Å². The van der Waals surface area contributed by atoms with Crippen molar-refractivity contribution in [2.75, 3.05) is 81.9 Å². The Hall–Kier alpha value is -7.57. The third kappa shape index (κ3) is 19.8. The highest BCUT2D eigenvalue weighted by Crippen LogP contribution is 2.31. The Morgan fingerprint density at radius 1 is 0.653 bits per heavy atom. The van der Waals surface area contributed by atoms with Gasteiger partial charge >= 0.3 is 0 Å². The molecular formula is C66H93Cl2N11O16. The van der Waals surface area contributed by atoms with Crippen molar-refractivity contribution in [3.8, 4) is 28.4 Å². The smallest absolute Gasteiger partial charge is 0.251 e. The summed E-state index contributed by atoms with van der Waals surface area (Å²) >= 11 is 0. The summed E-state index contributed by atoms with van der Waals surface area (Å²) in [6.45, 7) is 7.31. The van der Waals surface area contributed by atoms with E-state index in [1.165, 1.54) is 50.1 Å². The molecule has 4 aromatic carbocycles. The van der Waals surface area contributed by atoms with Crippen molar-refractivity contribution in [1.29, 1.82) is 0 Å². The van der Waals surface area contributed by atoms with Crippen molar-refractivity contribution in [1.82, 2.24) is 36.4 Å². The monoisotopic (exact) mass is 1370 g/mol. The second-order valence-electron chi connectivity index (χ2n) is 24.5. The lowest BCUT2D eigenvalue weighted by molar-refractivity contribution is -0.147. The number of rotatable bonds is 21. The number of fused-ring (bicyclic) bond motifs is 2. The number of β-amino-alcohol motifs (C(OH)–C–C–N with tert-alkyl or cyclic N) is 1. The Morgan fingerprint density at radius 3 is 1.86 bits per heavy atom. The number of aromatic hydroxyl groups is 1. The molecule has 29 heteroatoms. The lowest BCUT2D eigenvalue weighted by atomic mass is 9.98. The number of hydrogen-bond acceptors (Lipinski definition) is 20. The number of phenols is 1. The number of anilines is 2. The van der Waals surface area contributed by atoms with Crippen molar-refractivity contribution < 1.29 is 78.8 Å². The fourth-order valence-corrected chi connectivity index (χ4v) is 12.2. The Kier molecular flexibility index (Phi) is 28.9. The summed E-state index contributed by atoms with van der Waals surface area (Å²) in [6.07, 6.45) is -7.18. The van der Waals surface area contributed by atoms with Crippen LogP contribution in [0.4, 0.5) is 11.4 Å². The zero-order valence-corrected chi connectivity index (χ0v) is 55.3. The first kappa shape index (κ1) is 76.4. The van der Waals surface area contributed by atoms with Crippen LogP contribution in [0.2, 0.25) is 0 Å². The summed E-state index contributed by atoms with van der Waals surface area (Å²) in [5.41, 5.74) is 15.6. The number of nitrogens with two attached hydrogens (primary N) is 2. The zero-order valence-electron chi connectivity index (χ0n) is 53.7. The number of ether oxygens (including phenoxy) is 2. The highest BCUT2D eigenvalue weighted by molar-refractivity contribution is 6.00. The summed E-state index contributed by atoms with van der Waals surface area (Å²) in [5, 5.41) is 91.5. The van der Waals surface area contributed by atoms with Gasteiger partial charge in [0.15, 0.2) is 11.5 Å². The minimum absolute atomic E-state index is 0. The Balaban J connectivity index is 0.00000714. The minimum atomic E-state index is -2.04. The Bertz CT molecular complexity index is 3190. The summed E-state index contributed by atoms with van der Waals surface area (Å²) < 4.78 is 11.5. The molecule has 4 heterocycles. The van der Waals surface area contributed by atoms with Gasteiger partial charge in [-0.05, 0) is 104 Å². The number of hydrogen-bond donors (Lipinski definition) is 14. The molecule has 4 aromatic rings. The van der Waals surface area contributed by atoms with E-state index in [9.17, 15) is 69.3 Å². The highest BCUT2D eigenvalue weighted by atomic mass is 35.5. The fraction of sp³-hybridized carbons (Fsp3) is 0.530. The molecule has 4 fully saturated rings. The van der Waals surface area contributed by atoms with Gasteiger partial charge in [0, 0.05) is 94.5 Å². The van der Waals surface area contributed by atoms with E-state index in [0.29, 0.717) is 6.61 Å². The summed E-state index contributed by atoms with van der Waals surface area (Å²) in [6, 6.07) is 15.9. The van der Waals surface area contributed by atoms with Crippen LogP contribution in [0.3, 0.4) is 0 Å². The maximum absolute atomic E-state index is 14.7. The lowest BCUT2D eigenvalue weighted by Crippen LogP contribution is -2.64. The molecule has 95 heavy (non-hydrogen) atoms. The van der Waals surface area contributed by atoms with E-state index in [-0.39, 0.29) is 80.1 Å². The molecule has 0 unspecified atom stereocenters. The number of carbonyl (C=O) groups excluding carboxylic acids is 7. The van der Waals surface area contributed by atoms with Crippen molar-refractivity contribution >= 4 is 77.5 Å². The maximum Gasteiger partial charge on any atom is 0.251 e. The maximum atomic E-state index is 14.7. The van der Waals surface area contributed by atoms with E-state index < -0.39 is 152 Å². The fourth-order valence-electron chi connectivity index (χ4n) is 12.2. The van der Waals surface area contributed by atoms with Crippen LogP contribution in [-0.4, -0.2) is 232 Å². The van der Waals surface area contributed by atoms with Crippen LogP contribution in [0.5, 0.6) is 17.2 Å². The number of unbranched alkanes of at least 4 members (excludes halogenated alkanes) is 3. The molecule has 0 saturated carbocycles. The third-order valence-corrected chi connectivity index (χ3v) is 17.5. The van der Waals surface area contributed by atoms with Crippen LogP contribution >= 0.6 is 24.8 Å². The summed E-state index contributed by atoms with van der Waals surface area (Å²) in [4.78, 5) is 108. The first-order valence-electron chi connectivity index (χ1n) is 32.1. The molecule has 4 aliphatic rings. The third-order valence-electron chi connectivity index (χ3n) is 17.5. The number of halogens is 2. The molecule has 4 saturated heterocycles. The molecule has 4 aliphatic heterocycles. The molecule has 16 N–H and O–H groups in total. The van der Waals surface area contributed by atoms with Crippen LogP contribution in [0, 0.1) is 5.92 Å². The molecule has 0 radical (unpaired) electrons. The van der Waals surface area contributed by atoms with Gasteiger partial charge in [-0.25, -0.2) is 0 Å². The van der Waals surface area contributed by atoms with Gasteiger partial charge < -0.3 is 103 Å². The second kappa shape index (κ2) is 36.0. The number of aliphatic hydroxyl groups is 6. The quantitative estimate of drug-likeness (QED) is 0.0481. The molecule has 8 rings (SSSR count). The van der Waals surface area contributed by atoms with Crippen molar-refractivity contribution in [3.63, 3.8) is 0 Å². The van der Waals surface area contributed by atoms with Crippen LogP contribution < -0.4 is 57.3 Å². The van der Waals surface area contributed by atoms with E-state index in [4.69, 9.17) is 20.9 Å². The normalized spacial score (nSPS) is 25.0. The Labute approximate surface area is 565 Å². The standard InChI is InChI=1S/C66H91N11O16.2ClH/c1-4-5-6-7-29-92-48-19-17-45(18-20-48)75-27-25-74(26-28-75)44-15-13-42(14-16-44)41-9-11-43(12-10-41)60(85)70-49-33-46(79)35-69-64(89)58-59(84)38(2)36-77(58)66(91)57(52(82)22-23-67)73-63(88)56(53(83)31-40-8-21-51(81)54(32-40)93-30-24-68)72-62(87)50-34-47(80)37-76(50)65(90)55(39(3)78)71-61(49)86;;/h8-21,32,38-39,46-47,49-50,52-53,55-59,78-84H,4-7,22-31,33-37,67-68H2,1-3H3,(H,69,89)(H,70,85)(H,71,86)(H,72,87)(H,73,88);2*1H/t38-,39+,46+,47+,49-,50-,52+,53+,55-,56-,57-,58-,59-;;/m0../s1. The van der Waals surface area contributed by atoms with Crippen molar-refractivity contribution in [3.05, 3.63) is 102 Å². The number of piperazine rings is 1. The predicted octanol–water partition coefficient (Wildman–Crippen LogP) is -0.177. The van der Waals surface area contributed by atoms with Crippen molar-refractivity contribution in [2.24, 2.45) is 17.4 Å². The van der Waals surface area contributed by atoms with Gasteiger partial charge in [-0.1, -0.05) is 63.4 Å². The number of nitrogens with zero attached hydrogens (tertiary/aromatic N) is 4. The van der Waals surface area contributed by atoms with Crippen LogP contribution in [-0.2, 0) is 35.2 Å². The van der Waals surface area contributed by atoms with E-state index in [2.05, 4.69) is 55.4 Å². The molecule has 0 spiro atoms. The van der Waals surface area contributed by atoms with Crippen molar-refractivity contribution in [2.45, 2.75) is 145 Å². The van der Waals surface area contributed by atoms with Gasteiger partial charge in [-0.2, -0.15) is 0 Å². The topological polar surface area (TPSA) is 405 Å². The van der Waals surface area contributed by atoms with E-state index in [1.54, 1.807) is 19.1 Å². The largest absolute Gasteiger partial charge is 0.504 e. The van der Waals surface area contributed by atoms with E-state index in [0.717, 1.165) is 77.1 Å². The van der Waals surface area contributed by atoms with E-state index >= 15 is 0 Å². The molecular weight excluding hydrogens is 1270 g/mol. The lowest BCUT2D eigenvalue weighted by Gasteiger charge is -2.37. The number of phenolic OH excluding ortho intramolecular Hbond substituents is 1. The molecule has 27 nitrogen and oxygen atoms in total. The van der Waals surface area contributed by atoms with Gasteiger partial charge in [-0.15, -0.1) is 24.8 Å². The minimum Gasteiger partial charge on any atom is -0.504 e. The highest BCUT2D eigenvalue weighted by Gasteiger charge is 2.50. The van der Waals surface area contributed by atoms with Gasteiger partial charge in [0.1, 0.15) is 48.6 Å². The second-order valence-corrected chi connectivity index (χ2v) is 24.5. The number of aliphatic hydroxyl groups excluding tert-OH is 6. The molecule has 13 atom stereocenters. The number of benzene rings is 4. The van der Waals surface area contributed by atoms with Gasteiger partial charge in [-0.3, -0.25) is 33.6 Å². The molecule has 7 amide bonds. The van der Waals surface area contributed by atoms with Crippen LogP contribution in [0.25, 0.3) is 11.1 Å². The summed E-state index contributed by atoms with van der Waals surface area (Å²) in [5.74, 6) is -7.67. The first-order valence-corrected chi connectivity index (χ1v) is 32.1. The number of nitrogens with one attached hydrogen (secondary N) is 5. The molecule has 522 valence electrons. The van der Waals surface area contributed by atoms with Gasteiger partial charge in [0.05, 0.1) is 43.2 Å². The Morgan fingerprint density at radius 2 is 1.25 bits per heavy atom. The summed E-state index contributed by atoms with van der Waals surface area (Å²) in [7, 11) is 0. The van der Waals surface area contributed by atoms with Gasteiger partial charge in [0.25, 0.3) is 5.91 Å². The van der Waals surface area contributed by atoms with Crippen LogP contribution in [0.1, 0.15) is 81.6 Å². The number of carbonyl (C=O) groups is 7. The first-order chi connectivity index (χ1) is 44.6. The average Bonchev–Trinajstić information content (AvgIpc) is 1.68. The van der Waals surface area contributed by atoms with Crippen LogP contribution in [0.15, 0.2) is 91.0 Å². The van der Waals surface area contributed by atoms with E-state index in [1.807, 2.05) is 36.4 Å². The molecule has 0 bridgehead atoms. The SMILES string of the molecule is CCCCCCOc1ccc(N2CCN(c3ccc(-c4ccc(C(=O)N[C@H]5C[C@@H](O)CNC(=O)[C@@H]6[C@@H](O)[C@@H](C)CN6C(=O)[C@H]([C@H](O)CCN)NC(=O)[C@H]([C@H](O)Cc6ccc(O)c(OCCN)c6)NC(=O)[C@@H]6C[C@@H](O)CN6C(=O)[C@H]([C@@H](C)O)NC5=O)cc4)cc3)CC2)cc1.Cl.Cl. The molecule has 0 aromatic heterocycles. The number of amides is 7.